The Balaban J connectivity index is 2.81. The molecule has 0 radical (unpaired) electrons. The van der Waals surface area contributed by atoms with Crippen LogP contribution < -0.4 is 10.5 Å². The topological polar surface area (TPSA) is 35.2 Å². The third-order valence-electron chi connectivity index (χ3n) is 3.10. The Morgan fingerprint density at radius 3 is 2.69 bits per heavy atom. The molecule has 2 heteroatoms. The number of ether oxygens (including phenoxy) is 1. The van der Waals surface area contributed by atoms with E-state index < -0.39 is 0 Å². The van der Waals surface area contributed by atoms with Gasteiger partial charge in [0.2, 0.25) is 0 Å². The number of methoxy groups -OCH3 is 1. The lowest BCUT2D eigenvalue weighted by atomic mass is 9.94. The highest BCUT2D eigenvalue weighted by Gasteiger charge is 2.08. The first-order chi connectivity index (χ1) is 7.72. The van der Waals surface area contributed by atoms with Crippen molar-refractivity contribution in [2.45, 2.75) is 39.0 Å². The predicted molar refractivity (Wildman–Crippen MR) is 69.1 cm³/mol. The van der Waals surface area contributed by atoms with Gasteiger partial charge in [0.15, 0.2) is 0 Å². The molecule has 0 saturated heterocycles. The number of benzene rings is 1. The van der Waals surface area contributed by atoms with Gasteiger partial charge in [-0.2, -0.15) is 0 Å². The molecule has 0 spiro atoms. The van der Waals surface area contributed by atoms with E-state index >= 15 is 0 Å². The van der Waals surface area contributed by atoms with Crippen molar-refractivity contribution < 1.29 is 4.74 Å². The standard InChI is InChI=1S/C14H23NO/c1-4-12-10-13(7-8-14(12)16-3)11(2)6-5-9-15/h7-8,10-11H,4-6,9,15H2,1-3H3. The second-order valence-corrected chi connectivity index (χ2v) is 4.26. The van der Waals surface area contributed by atoms with Gasteiger partial charge in [-0.05, 0) is 48.9 Å². The summed E-state index contributed by atoms with van der Waals surface area (Å²) in [7, 11) is 1.73. The summed E-state index contributed by atoms with van der Waals surface area (Å²) >= 11 is 0. The Kier molecular flexibility index (Phi) is 5.33. The van der Waals surface area contributed by atoms with Gasteiger partial charge in [0.1, 0.15) is 5.75 Å². The maximum absolute atomic E-state index is 5.54. The molecule has 0 aliphatic carbocycles. The summed E-state index contributed by atoms with van der Waals surface area (Å²) in [6, 6.07) is 6.51. The van der Waals surface area contributed by atoms with E-state index in [1.54, 1.807) is 7.11 Å². The van der Waals surface area contributed by atoms with Crippen molar-refractivity contribution in [1.82, 2.24) is 0 Å². The molecule has 0 aromatic heterocycles. The molecule has 2 nitrogen and oxygen atoms in total. The summed E-state index contributed by atoms with van der Waals surface area (Å²) in [5.41, 5.74) is 8.22. The minimum absolute atomic E-state index is 0.583. The molecule has 0 saturated carbocycles. The molecule has 1 atom stereocenters. The van der Waals surface area contributed by atoms with Crippen LogP contribution in [0.2, 0.25) is 0 Å². The van der Waals surface area contributed by atoms with Crippen LogP contribution in [0.25, 0.3) is 0 Å². The van der Waals surface area contributed by atoms with Gasteiger partial charge in [-0.1, -0.05) is 26.0 Å². The SMILES string of the molecule is CCc1cc(C(C)CCCN)ccc1OC. The molecule has 1 rings (SSSR count). The quantitative estimate of drug-likeness (QED) is 0.801. The molecule has 1 aromatic carbocycles. The van der Waals surface area contributed by atoms with Crippen molar-refractivity contribution >= 4 is 0 Å². The molecule has 90 valence electrons. The molecule has 0 amide bonds. The van der Waals surface area contributed by atoms with Crippen molar-refractivity contribution in [2.75, 3.05) is 13.7 Å². The zero-order valence-corrected chi connectivity index (χ0v) is 10.6. The highest BCUT2D eigenvalue weighted by Crippen LogP contribution is 2.26. The van der Waals surface area contributed by atoms with Crippen LogP contribution >= 0.6 is 0 Å². The maximum atomic E-state index is 5.54. The summed E-state index contributed by atoms with van der Waals surface area (Å²) in [6.45, 7) is 5.20. The van der Waals surface area contributed by atoms with Crippen molar-refractivity contribution in [1.29, 1.82) is 0 Å². The van der Waals surface area contributed by atoms with Crippen LogP contribution in [0.1, 0.15) is 43.7 Å². The molecule has 1 unspecified atom stereocenters. The number of rotatable bonds is 6. The summed E-state index contributed by atoms with van der Waals surface area (Å²) < 4.78 is 5.33. The van der Waals surface area contributed by atoms with Gasteiger partial charge in [0.05, 0.1) is 7.11 Å². The second-order valence-electron chi connectivity index (χ2n) is 4.26. The monoisotopic (exact) mass is 221 g/mol. The van der Waals surface area contributed by atoms with Crippen LogP contribution in [-0.2, 0) is 6.42 Å². The van der Waals surface area contributed by atoms with Crippen LogP contribution in [0.3, 0.4) is 0 Å². The maximum Gasteiger partial charge on any atom is 0.122 e. The highest BCUT2D eigenvalue weighted by atomic mass is 16.5. The minimum atomic E-state index is 0.583. The lowest BCUT2D eigenvalue weighted by Crippen LogP contribution is -2.02. The zero-order chi connectivity index (χ0) is 12.0. The van der Waals surface area contributed by atoms with E-state index in [2.05, 4.69) is 32.0 Å². The molecule has 0 heterocycles. The van der Waals surface area contributed by atoms with Crippen LogP contribution in [0.5, 0.6) is 5.75 Å². The van der Waals surface area contributed by atoms with Crippen molar-refractivity contribution in [3.8, 4) is 5.75 Å². The number of aryl methyl sites for hydroxylation is 1. The van der Waals surface area contributed by atoms with Crippen molar-refractivity contribution in [3.05, 3.63) is 29.3 Å². The van der Waals surface area contributed by atoms with Crippen molar-refractivity contribution in [2.24, 2.45) is 5.73 Å². The Morgan fingerprint density at radius 1 is 1.38 bits per heavy atom. The number of hydrogen-bond acceptors (Lipinski definition) is 2. The molecule has 1 aromatic rings. The van der Waals surface area contributed by atoms with Gasteiger partial charge in [-0.15, -0.1) is 0 Å². The summed E-state index contributed by atoms with van der Waals surface area (Å²) in [5.74, 6) is 1.58. The Morgan fingerprint density at radius 2 is 2.12 bits per heavy atom. The van der Waals surface area contributed by atoms with Gasteiger partial charge in [0.25, 0.3) is 0 Å². The Bertz CT molecular complexity index is 323. The summed E-state index contributed by atoms with van der Waals surface area (Å²) in [6.07, 6.45) is 3.27. The molecule has 0 aliphatic rings. The smallest absolute Gasteiger partial charge is 0.122 e. The van der Waals surface area contributed by atoms with E-state index in [9.17, 15) is 0 Å². The minimum Gasteiger partial charge on any atom is -0.496 e. The first kappa shape index (κ1) is 13.0. The predicted octanol–water partition coefficient (Wildman–Crippen LogP) is 3.10. The fraction of sp³-hybridized carbons (Fsp3) is 0.571. The van der Waals surface area contributed by atoms with Gasteiger partial charge in [0, 0.05) is 0 Å². The molecule has 16 heavy (non-hydrogen) atoms. The first-order valence-electron chi connectivity index (χ1n) is 6.09. The first-order valence-corrected chi connectivity index (χ1v) is 6.09. The van der Waals surface area contributed by atoms with E-state index in [4.69, 9.17) is 10.5 Å². The van der Waals surface area contributed by atoms with E-state index in [0.29, 0.717) is 5.92 Å². The van der Waals surface area contributed by atoms with E-state index in [0.717, 1.165) is 31.6 Å². The van der Waals surface area contributed by atoms with Crippen LogP contribution in [-0.4, -0.2) is 13.7 Å². The highest BCUT2D eigenvalue weighted by molar-refractivity contribution is 5.38. The lowest BCUT2D eigenvalue weighted by molar-refractivity contribution is 0.409. The van der Waals surface area contributed by atoms with Gasteiger partial charge in [-0.25, -0.2) is 0 Å². The number of nitrogens with two attached hydrogens (primary N) is 1. The average Bonchev–Trinajstić information content (AvgIpc) is 2.34. The normalized spacial score (nSPS) is 12.5. The van der Waals surface area contributed by atoms with Gasteiger partial charge in [-0.3, -0.25) is 0 Å². The third-order valence-corrected chi connectivity index (χ3v) is 3.10. The third kappa shape index (κ3) is 3.24. The lowest BCUT2D eigenvalue weighted by Gasteiger charge is -2.14. The van der Waals surface area contributed by atoms with Gasteiger partial charge >= 0.3 is 0 Å². The summed E-state index contributed by atoms with van der Waals surface area (Å²) in [4.78, 5) is 0. The fourth-order valence-electron chi connectivity index (χ4n) is 1.97. The average molecular weight is 221 g/mol. The van der Waals surface area contributed by atoms with Gasteiger partial charge < -0.3 is 10.5 Å². The van der Waals surface area contributed by atoms with E-state index in [1.807, 2.05) is 0 Å². The van der Waals surface area contributed by atoms with Crippen molar-refractivity contribution in [3.63, 3.8) is 0 Å². The fourth-order valence-corrected chi connectivity index (χ4v) is 1.97. The second kappa shape index (κ2) is 6.54. The molecule has 0 fully saturated rings. The Labute approximate surface area is 98.8 Å². The molecular formula is C14H23NO. The van der Waals surface area contributed by atoms with Crippen LogP contribution in [0.4, 0.5) is 0 Å². The largest absolute Gasteiger partial charge is 0.496 e. The van der Waals surface area contributed by atoms with E-state index in [1.165, 1.54) is 11.1 Å². The molecule has 0 bridgehead atoms. The zero-order valence-electron chi connectivity index (χ0n) is 10.6. The molecular weight excluding hydrogens is 198 g/mol. The Hall–Kier alpha value is -1.02. The molecule has 2 N–H and O–H groups in total. The number of hydrogen-bond donors (Lipinski definition) is 1. The van der Waals surface area contributed by atoms with Crippen LogP contribution in [0, 0.1) is 0 Å². The van der Waals surface area contributed by atoms with E-state index in [-0.39, 0.29) is 0 Å². The summed E-state index contributed by atoms with van der Waals surface area (Å²) in [5, 5.41) is 0. The van der Waals surface area contributed by atoms with Crippen LogP contribution in [0.15, 0.2) is 18.2 Å². The molecule has 0 aliphatic heterocycles.